The highest BCUT2D eigenvalue weighted by atomic mass is 35.5. The van der Waals surface area contributed by atoms with E-state index in [2.05, 4.69) is 5.32 Å². The van der Waals surface area contributed by atoms with Gasteiger partial charge >= 0.3 is 6.03 Å². The molecule has 4 N–H and O–H groups in total. The van der Waals surface area contributed by atoms with E-state index in [1.807, 2.05) is 4.72 Å². The number of benzene rings is 1. The predicted octanol–water partition coefficient (Wildman–Crippen LogP) is 1.07. The summed E-state index contributed by atoms with van der Waals surface area (Å²) in [7, 11) is -3.97. The second-order valence-corrected chi connectivity index (χ2v) is 6.10. The highest BCUT2D eigenvalue weighted by Gasteiger charge is 2.26. The smallest absolute Gasteiger partial charge is 0.328 e. The molecule has 0 unspecified atom stereocenters. The number of carbonyl (C=O) groups excluding carboxylic acids is 1. The van der Waals surface area contributed by atoms with Crippen LogP contribution in [0.2, 0.25) is 5.02 Å². The van der Waals surface area contributed by atoms with Gasteiger partial charge in [0, 0.05) is 11.7 Å². The van der Waals surface area contributed by atoms with Gasteiger partial charge in [-0.15, -0.1) is 0 Å². The SMILES string of the molecule is Nc1ccc(S(=O)(=O)NC(=O)NC2CC2)c(Cl)c1. The van der Waals surface area contributed by atoms with Gasteiger partial charge in [0.25, 0.3) is 10.0 Å². The molecule has 0 radical (unpaired) electrons. The van der Waals surface area contributed by atoms with Gasteiger partial charge in [-0.3, -0.25) is 0 Å². The third-order valence-corrected chi connectivity index (χ3v) is 4.20. The van der Waals surface area contributed by atoms with Gasteiger partial charge in [-0.2, -0.15) is 0 Å². The standard InChI is InChI=1S/C10H12ClN3O3S/c11-8-5-6(12)1-4-9(8)18(16,17)14-10(15)13-7-2-3-7/h1,4-5,7H,2-3,12H2,(H2,13,14,15). The molecule has 6 nitrogen and oxygen atoms in total. The molecular formula is C10H12ClN3O3S. The molecule has 1 aromatic rings. The number of nitrogen functional groups attached to an aromatic ring is 1. The Morgan fingerprint density at radius 1 is 1.39 bits per heavy atom. The van der Waals surface area contributed by atoms with Crippen molar-refractivity contribution in [1.82, 2.24) is 10.0 Å². The van der Waals surface area contributed by atoms with E-state index < -0.39 is 16.1 Å². The number of hydrogen-bond acceptors (Lipinski definition) is 4. The van der Waals surface area contributed by atoms with Crippen molar-refractivity contribution in [1.29, 1.82) is 0 Å². The highest BCUT2D eigenvalue weighted by Crippen LogP contribution is 2.23. The van der Waals surface area contributed by atoms with E-state index in [1.54, 1.807) is 0 Å². The van der Waals surface area contributed by atoms with Gasteiger partial charge in [-0.05, 0) is 31.0 Å². The fourth-order valence-corrected chi connectivity index (χ4v) is 2.82. The first-order chi connectivity index (χ1) is 8.38. The van der Waals surface area contributed by atoms with Gasteiger partial charge in [-0.1, -0.05) is 11.6 Å². The van der Waals surface area contributed by atoms with Crippen LogP contribution in [0.5, 0.6) is 0 Å². The van der Waals surface area contributed by atoms with Gasteiger partial charge in [0.15, 0.2) is 0 Å². The van der Waals surface area contributed by atoms with Crippen LogP contribution < -0.4 is 15.8 Å². The lowest BCUT2D eigenvalue weighted by Crippen LogP contribution is -2.40. The molecule has 1 aliphatic carbocycles. The summed E-state index contributed by atoms with van der Waals surface area (Å²) in [6.45, 7) is 0. The van der Waals surface area contributed by atoms with Crippen LogP contribution in [0.4, 0.5) is 10.5 Å². The zero-order valence-electron chi connectivity index (χ0n) is 9.31. The maximum atomic E-state index is 11.9. The second kappa shape index (κ2) is 4.66. The molecule has 0 aromatic heterocycles. The number of hydrogen-bond donors (Lipinski definition) is 3. The Labute approximate surface area is 110 Å². The summed E-state index contributed by atoms with van der Waals surface area (Å²) in [4.78, 5) is 11.2. The van der Waals surface area contributed by atoms with E-state index in [-0.39, 0.29) is 16.0 Å². The van der Waals surface area contributed by atoms with Gasteiger partial charge in [0.2, 0.25) is 0 Å². The minimum Gasteiger partial charge on any atom is -0.399 e. The average Bonchev–Trinajstić information content (AvgIpc) is 2.99. The van der Waals surface area contributed by atoms with E-state index in [4.69, 9.17) is 17.3 Å². The van der Waals surface area contributed by atoms with Crippen molar-refractivity contribution in [2.24, 2.45) is 0 Å². The monoisotopic (exact) mass is 289 g/mol. The van der Waals surface area contributed by atoms with Crippen molar-refractivity contribution in [3.8, 4) is 0 Å². The molecule has 1 saturated carbocycles. The summed E-state index contributed by atoms with van der Waals surface area (Å²) in [5.74, 6) is 0. The van der Waals surface area contributed by atoms with Gasteiger partial charge in [0.05, 0.1) is 5.02 Å². The number of anilines is 1. The molecule has 0 atom stereocenters. The van der Waals surface area contributed by atoms with Crippen LogP contribution in [0.1, 0.15) is 12.8 Å². The fraction of sp³-hybridized carbons (Fsp3) is 0.300. The summed E-state index contributed by atoms with van der Waals surface area (Å²) in [6, 6.07) is 3.30. The van der Waals surface area contributed by atoms with E-state index in [0.29, 0.717) is 5.69 Å². The molecule has 98 valence electrons. The van der Waals surface area contributed by atoms with Crippen LogP contribution in [-0.4, -0.2) is 20.5 Å². The van der Waals surface area contributed by atoms with Crippen molar-refractivity contribution in [3.05, 3.63) is 23.2 Å². The zero-order chi connectivity index (χ0) is 13.3. The second-order valence-electron chi connectivity index (χ2n) is 4.04. The molecular weight excluding hydrogens is 278 g/mol. The summed E-state index contributed by atoms with van der Waals surface area (Å²) < 4.78 is 25.7. The van der Waals surface area contributed by atoms with Gasteiger partial charge in [-0.25, -0.2) is 17.9 Å². The van der Waals surface area contributed by atoms with Crippen molar-refractivity contribution >= 4 is 33.3 Å². The van der Waals surface area contributed by atoms with E-state index >= 15 is 0 Å². The van der Waals surface area contributed by atoms with Crippen molar-refractivity contribution < 1.29 is 13.2 Å². The molecule has 0 heterocycles. The van der Waals surface area contributed by atoms with Crippen LogP contribution in [0.3, 0.4) is 0 Å². The first kappa shape index (κ1) is 13.0. The largest absolute Gasteiger partial charge is 0.399 e. The fourth-order valence-electron chi connectivity index (χ4n) is 1.35. The van der Waals surface area contributed by atoms with Crippen molar-refractivity contribution in [2.75, 3.05) is 5.73 Å². The Hall–Kier alpha value is -1.47. The van der Waals surface area contributed by atoms with Crippen molar-refractivity contribution in [3.63, 3.8) is 0 Å². The predicted molar refractivity (Wildman–Crippen MR) is 67.7 cm³/mol. The van der Waals surface area contributed by atoms with Gasteiger partial charge in [0.1, 0.15) is 4.90 Å². The van der Waals surface area contributed by atoms with E-state index in [1.165, 1.54) is 18.2 Å². The highest BCUT2D eigenvalue weighted by molar-refractivity contribution is 7.90. The quantitative estimate of drug-likeness (QED) is 0.725. The molecule has 0 aliphatic heterocycles. The summed E-state index contributed by atoms with van der Waals surface area (Å²) in [5, 5.41) is 2.49. The van der Waals surface area contributed by atoms with E-state index in [9.17, 15) is 13.2 Å². The topological polar surface area (TPSA) is 101 Å². The molecule has 0 bridgehead atoms. The number of nitrogens with two attached hydrogens (primary N) is 1. The number of amides is 2. The van der Waals surface area contributed by atoms with E-state index in [0.717, 1.165) is 12.8 Å². The van der Waals surface area contributed by atoms with Crippen LogP contribution in [-0.2, 0) is 10.0 Å². The molecule has 1 aliphatic rings. The van der Waals surface area contributed by atoms with Crippen LogP contribution in [0.25, 0.3) is 0 Å². The molecule has 1 aromatic carbocycles. The minimum absolute atomic E-state index is 0.0262. The summed E-state index contributed by atoms with van der Waals surface area (Å²) >= 11 is 5.78. The summed E-state index contributed by atoms with van der Waals surface area (Å²) in [5.41, 5.74) is 5.82. The lowest BCUT2D eigenvalue weighted by atomic mass is 10.3. The number of sulfonamides is 1. The molecule has 8 heteroatoms. The Kier molecular flexibility index (Phi) is 3.36. The van der Waals surface area contributed by atoms with Gasteiger partial charge < -0.3 is 11.1 Å². The Bertz CT molecular complexity index is 584. The molecule has 1 fully saturated rings. The van der Waals surface area contributed by atoms with Crippen molar-refractivity contribution in [2.45, 2.75) is 23.8 Å². The Morgan fingerprint density at radius 2 is 2.06 bits per heavy atom. The Morgan fingerprint density at radius 3 is 2.61 bits per heavy atom. The Balaban J connectivity index is 2.16. The number of carbonyl (C=O) groups is 1. The lowest BCUT2D eigenvalue weighted by Gasteiger charge is -2.09. The molecule has 18 heavy (non-hydrogen) atoms. The first-order valence-electron chi connectivity index (χ1n) is 5.27. The maximum absolute atomic E-state index is 11.9. The minimum atomic E-state index is -3.97. The maximum Gasteiger partial charge on any atom is 0.328 e. The van der Waals surface area contributed by atoms with Crippen LogP contribution in [0, 0.1) is 0 Å². The first-order valence-corrected chi connectivity index (χ1v) is 7.13. The zero-order valence-corrected chi connectivity index (χ0v) is 10.9. The molecule has 0 saturated heterocycles. The third-order valence-electron chi connectivity index (χ3n) is 2.39. The molecule has 0 spiro atoms. The number of rotatable bonds is 3. The number of halogens is 1. The number of urea groups is 1. The number of nitrogens with one attached hydrogen (secondary N) is 2. The molecule has 2 rings (SSSR count). The lowest BCUT2D eigenvalue weighted by molar-refractivity contribution is 0.245. The van der Waals surface area contributed by atoms with Crippen LogP contribution >= 0.6 is 11.6 Å². The third kappa shape index (κ3) is 3.05. The normalized spacial score (nSPS) is 15.2. The molecule has 2 amide bonds. The average molecular weight is 290 g/mol. The summed E-state index contributed by atoms with van der Waals surface area (Å²) in [6.07, 6.45) is 1.74. The van der Waals surface area contributed by atoms with Crippen LogP contribution in [0.15, 0.2) is 23.1 Å².